The zero-order chi connectivity index (χ0) is 33.7. The lowest BCUT2D eigenvalue weighted by Gasteiger charge is -2.10. The van der Waals surface area contributed by atoms with Crippen molar-refractivity contribution < 1.29 is 47.4 Å². The smallest absolute Gasteiger partial charge is 0.119 e. The summed E-state index contributed by atoms with van der Waals surface area (Å²) in [5, 5.41) is 0. The lowest BCUT2D eigenvalue weighted by Crippen LogP contribution is -2.15. The van der Waals surface area contributed by atoms with E-state index in [9.17, 15) is 0 Å². The Morgan fingerprint density at radius 2 is 0.787 bits per heavy atom. The zero-order valence-corrected chi connectivity index (χ0v) is 30.1. The molecular formula is C37H68O10. The van der Waals surface area contributed by atoms with Crippen molar-refractivity contribution in [1.82, 2.24) is 0 Å². The van der Waals surface area contributed by atoms with Crippen LogP contribution in [0.15, 0.2) is 24.3 Å². The van der Waals surface area contributed by atoms with Crippen molar-refractivity contribution in [3.8, 4) is 5.75 Å². The van der Waals surface area contributed by atoms with Gasteiger partial charge in [0.15, 0.2) is 0 Å². The van der Waals surface area contributed by atoms with Gasteiger partial charge in [-0.25, -0.2) is 0 Å². The predicted octanol–water partition coefficient (Wildman–Crippen LogP) is 6.16. The van der Waals surface area contributed by atoms with Gasteiger partial charge in [0.2, 0.25) is 0 Å². The second-order valence-corrected chi connectivity index (χ2v) is 11.5. The van der Waals surface area contributed by atoms with Crippen molar-refractivity contribution in [1.29, 1.82) is 0 Å². The first kappa shape index (κ1) is 43.7. The quantitative estimate of drug-likeness (QED) is 0.0761. The highest BCUT2D eigenvalue weighted by atomic mass is 16.6. The van der Waals surface area contributed by atoms with E-state index in [-0.39, 0.29) is 0 Å². The van der Waals surface area contributed by atoms with E-state index in [1.165, 1.54) is 44.1 Å². The Morgan fingerprint density at radius 3 is 1.19 bits per heavy atom. The Balaban J connectivity index is 1.70. The van der Waals surface area contributed by atoms with Gasteiger partial charge in [-0.3, -0.25) is 0 Å². The Hall–Kier alpha value is -1.34. The molecule has 276 valence electrons. The van der Waals surface area contributed by atoms with E-state index in [0.717, 1.165) is 25.2 Å². The van der Waals surface area contributed by atoms with Gasteiger partial charge >= 0.3 is 0 Å². The first-order chi connectivity index (χ1) is 23.3. The fourth-order valence-corrected chi connectivity index (χ4v) is 4.24. The van der Waals surface area contributed by atoms with Gasteiger partial charge in [-0.15, -0.1) is 0 Å². The maximum absolute atomic E-state index is 5.77. The molecule has 1 unspecified atom stereocenters. The molecule has 0 saturated heterocycles. The Morgan fingerprint density at radius 1 is 0.426 bits per heavy atom. The van der Waals surface area contributed by atoms with Crippen LogP contribution < -0.4 is 4.74 Å². The van der Waals surface area contributed by atoms with E-state index in [2.05, 4.69) is 45.0 Å². The summed E-state index contributed by atoms with van der Waals surface area (Å²) < 4.78 is 55.4. The van der Waals surface area contributed by atoms with Gasteiger partial charge in [0.25, 0.3) is 0 Å². The van der Waals surface area contributed by atoms with Crippen molar-refractivity contribution in [3.05, 3.63) is 29.8 Å². The van der Waals surface area contributed by atoms with Crippen molar-refractivity contribution >= 4 is 0 Å². The lowest BCUT2D eigenvalue weighted by molar-refractivity contribution is -0.0258. The van der Waals surface area contributed by atoms with Gasteiger partial charge in [0.05, 0.1) is 112 Å². The molecule has 0 aromatic heterocycles. The van der Waals surface area contributed by atoms with Gasteiger partial charge in [0, 0.05) is 6.61 Å². The minimum Gasteiger partial charge on any atom is -0.491 e. The molecule has 0 fully saturated rings. The highest BCUT2D eigenvalue weighted by Crippen LogP contribution is 2.15. The van der Waals surface area contributed by atoms with E-state index < -0.39 is 0 Å². The normalized spacial score (nSPS) is 12.1. The predicted molar refractivity (Wildman–Crippen MR) is 186 cm³/mol. The van der Waals surface area contributed by atoms with Crippen molar-refractivity contribution in [2.45, 2.75) is 72.1 Å². The number of hydrogen-bond donors (Lipinski definition) is 0. The lowest BCUT2D eigenvalue weighted by atomic mass is 10.0. The molecule has 1 rings (SSSR count). The molecule has 47 heavy (non-hydrogen) atoms. The molecular weight excluding hydrogens is 604 g/mol. The Labute approximate surface area is 286 Å². The summed E-state index contributed by atoms with van der Waals surface area (Å²) in [5.74, 6) is 1.49. The molecule has 1 aromatic carbocycles. The van der Waals surface area contributed by atoms with Crippen LogP contribution in [0.3, 0.4) is 0 Å². The average Bonchev–Trinajstić information content (AvgIpc) is 3.09. The third kappa shape index (κ3) is 31.7. The molecule has 0 heterocycles. The number of ether oxygens (including phenoxy) is 10. The third-order valence-corrected chi connectivity index (χ3v) is 7.31. The molecule has 0 aliphatic carbocycles. The van der Waals surface area contributed by atoms with Crippen LogP contribution >= 0.6 is 0 Å². The molecule has 0 spiro atoms. The van der Waals surface area contributed by atoms with Gasteiger partial charge in [-0.05, 0) is 36.5 Å². The average molecular weight is 673 g/mol. The van der Waals surface area contributed by atoms with Crippen LogP contribution in [0.4, 0.5) is 0 Å². The maximum atomic E-state index is 5.77. The van der Waals surface area contributed by atoms with E-state index in [4.69, 9.17) is 47.4 Å². The SMILES string of the molecule is CCCCCCCCc1ccc(OCCOCCOCCOCCOCCOCCOCCOCCOCCOCC(C)CC)cc1. The molecule has 1 atom stereocenters. The van der Waals surface area contributed by atoms with Gasteiger partial charge in [-0.1, -0.05) is 71.4 Å². The second-order valence-electron chi connectivity index (χ2n) is 11.5. The summed E-state index contributed by atoms with van der Waals surface area (Å²) >= 11 is 0. The molecule has 0 radical (unpaired) electrons. The summed E-state index contributed by atoms with van der Waals surface area (Å²) in [7, 11) is 0. The number of aryl methyl sites for hydroxylation is 1. The molecule has 10 nitrogen and oxygen atoms in total. The van der Waals surface area contributed by atoms with E-state index in [0.29, 0.717) is 125 Å². The molecule has 10 heteroatoms. The van der Waals surface area contributed by atoms with Gasteiger partial charge in [-0.2, -0.15) is 0 Å². The molecule has 0 N–H and O–H groups in total. The van der Waals surface area contributed by atoms with Crippen LogP contribution in [0, 0.1) is 5.92 Å². The standard InChI is InChI=1S/C37H68O10/c1-4-6-7-8-9-10-11-36-12-14-37(15-13-36)47-33-32-45-29-28-43-25-24-41-21-20-39-17-16-38-18-19-40-22-23-42-26-27-44-30-31-46-34-35(3)5-2/h12-15,35H,4-11,16-34H2,1-3H3. The minimum absolute atomic E-state index is 0.525. The summed E-state index contributed by atoms with van der Waals surface area (Å²) in [5.41, 5.74) is 1.38. The molecule has 1 aromatic rings. The molecule has 0 bridgehead atoms. The molecule has 0 aliphatic rings. The first-order valence-electron chi connectivity index (χ1n) is 18.2. The zero-order valence-electron chi connectivity index (χ0n) is 30.1. The molecule has 0 saturated carbocycles. The largest absolute Gasteiger partial charge is 0.491 e. The second kappa shape index (κ2) is 36.0. The fourth-order valence-electron chi connectivity index (χ4n) is 4.24. The first-order valence-corrected chi connectivity index (χ1v) is 18.2. The topological polar surface area (TPSA) is 92.3 Å². The molecule has 0 amide bonds. The summed E-state index contributed by atoms with van der Waals surface area (Å²) in [6.45, 7) is 17.2. The maximum Gasteiger partial charge on any atom is 0.119 e. The van der Waals surface area contributed by atoms with E-state index in [1.807, 2.05) is 0 Å². The summed E-state index contributed by atoms with van der Waals surface area (Å²) in [6.07, 6.45) is 10.2. The Bertz CT molecular complexity index is 736. The van der Waals surface area contributed by atoms with Crippen LogP contribution in [0.25, 0.3) is 0 Å². The monoisotopic (exact) mass is 672 g/mol. The number of rotatable bonds is 38. The number of hydrogen-bond acceptors (Lipinski definition) is 10. The van der Waals surface area contributed by atoms with E-state index in [1.54, 1.807) is 0 Å². The van der Waals surface area contributed by atoms with Crippen molar-refractivity contribution in [2.24, 2.45) is 5.92 Å². The minimum atomic E-state index is 0.525. The van der Waals surface area contributed by atoms with Crippen LogP contribution in [0.1, 0.15) is 71.3 Å². The number of benzene rings is 1. The third-order valence-electron chi connectivity index (χ3n) is 7.31. The highest BCUT2D eigenvalue weighted by Gasteiger charge is 2.00. The van der Waals surface area contributed by atoms with Crippen LogP contribution in [-0.2, 0) is 49.1 Å². The van der Waals surface area contributed by atoms with Crippen LogP contribution in [-0.4, -0.2) is 126 Å². The van der Waals surface area contributed by atoms with E-state index >= 15 is 0 Å². The summed E-state index contributed by atoms with van der Waals surface area (Å²) in [4.78, 5) is 0. The fraction of sp³-hybridized carbons (Fsp3) is 0.838. The van der Waals surface area contributed by atoms with Crippen molar-refractivity contribution in [2.75, 3.05) is 126 Å². The van der Waals surface area contributed by atoms with Crippen molar-refractivity contribution in [3.63, 3.8) is 0 Å². The highest BCUT2D eigenvalue weighted by molar-refractivity contribution is 5.27. The Kier molecular flexibility index (Phi) is 33.4. The number of unbranched alkanes of at least 4 members (excludes halogenated alkanes) is 5. The van der Waals surface area contributed by atoms with Crippen LogP contribution in [0.2, 0.25) is 0 Å². The van der Waals surface area contributed by atoms with Gasteiger partial charge in [0.1, 0.15) is 12.4 Å². The van der Waals surface area contributed by atoms with Crippen LogP contribution in [0.5, 0.6) is 5.75 Å². The van der Waals surface area contributed by atoms with Gasteiger partial charge < -0.3 is 47.4 Å². The summed E-state index contributed by atoms with van der Waals surface area (Å²) in [6, 6.07) is 8.45. The molecule has 0 aliphatic heterocycles.